The molecule has 1 fully saturated rings. The number of aromatic nitrogens is 2. The maximum atomic E-state index is 11.1. The van der Waals surface area contributed by atoms with Crippen molar-refractivity contribution in [1.82, 2.24) is 15.1 Å². The average Bonchev–Trinajstić information content (AvgIpc) is 2.53. The Labute approximate surface area is 106 Å². The summed E-state index contributed by atoms with van der Waals surface area (Å²) in [7, 11) is 1.73. The zero-order valence-corrected chi connectivity index (χ0v) is 10.9. The highest BCUT2D eigenvalue weighted by atomic mass is 16.6. The van der Waals surface area contributed by atoms with Gasteiger partial charge in [0.25, 0.3) is 0 Å². The lowest BCUT2D eigenvalue weighted by molar-refractivity contribution is -0.384. The molecular weight excluding hydrogens is 234 g/mol. The van der Waals surface area contributed by atoms with E-state index in [1.54, 1.807) is 18.7 Å². The Morgan fingerprint density at radius 2 is 2.33 bits per heavy atom. The molecule has 0 bridgehead atoms. The molecule has 1 aliphatic heterocycles. The molecule has 1 saturated heterocycles. The van der Waals surface area contributed by atoms with Crippen molar-refractivity contribution in [3.8, 4) is 0 Å². The molecule has 2 unspecified atom stereocenters. The second kappa shape index (κ2) is 4.93. The van der Waals surface area contributed by atoms with Gasteiger partial charge in [0.1, 0.15) is 5.69 Å². The molecule has 0 radical (unpaired) electrons. The minimum absolute atomic E-state index is 0.0867. The van der Waals surface area contributed by atoms with Gasteiger partial charge in [-0.05, 0) is 33.2 Å². The summed E-state index contributed by atoms with van der Waals surface area (Å²) in [4.78, 5) is 10.7. The monoisotopic (exact) mass is 253 g/mol. The van der Waals surface area contributed by atoms with Gasteiger partial charge in [-0.25, -0.2) is 4.68 Å². The van der Waals surface area contributed by atoms with Gasteiger partial charge in [-0.3, -0.25) is 10.1 Å². The summed E-state index contributed by atoms with van der Waals surface area (Å²) in [6.45, 7) is 4.72. The first kappa shape index (κ1) is 12.8. The molecule has 18 heavy (non-hydrogen) atoms. The van der Waals surface area contributed by atoms with Crippen molar-refractivity contribution < 1.29 is 4.92 Å². The van der Waals surface area contributed by atoms with E-state index in [9.17, 15) is 10.1 Å². The van der Waals surface area contributed by atoms with Crippen LogP contribution in [0.1, 0.15) is 25.5 Å². The van der Waals surface area contributed by atoms with Crippen LogP contribution in [0.2, 0.25) is 0 Å². The van der Waals surface area contributed by atoms with Crippen molar-refractivity contribution in [3.63, 3.8) is 0 Å². The van der Waals surface area contributed by atoms with Crippen LogP contribution in [-0.4, -0.2) is 33.3 Å². The van der Waals surface area contributed by atoms with E-state index in [4.69, 9.17) is 0 Å². The lowest BCUT2D eigenvalue weighted by atomic mass is 10.0. The summed E-state index contributed by atoms with van der Waals surface area (Å²) >= 11 is 0. The molecule has 0 spiro atoms. The molecule has 2 rings (SSSR count). The van der Waals surface area contributed by atoms with Gasteiger partial charge < -0.3 is 10.6 Å². The second-order valence-electron chi connectivity index (χ2n) is 4.88. The van der Waals surface area contributed by atoms with Gasteiger partial charge in [-0.2, -0.15) is 5.10 Å². The fourth-order valence-electron chi connectivity index (χ4n) is 2.48. The van der Waals surface area contributed by atoms with Gasteiger partial charge in [-0.1, -0.05) is 0 Å². The zero-order chi connectivity index (χ0) is 13.3. The zero-order valence-electron chi connectivity index (χ0n) is 10.9. The third-order valence-electron chi connectivity index (χ3n) is 3.34. The van der Waals surface area contributed by atoms with Gasteiger partial charge >= 0.3 is 5.69 Å². The standard InChI is InChI=1S/C11H19N5O2/c1-7-6-9(4-5-12-7)13-11-10(16(17)18)8(2)14-15(11)3/h7,9,12-13H,4-6H2,1-3H3. The number of piperidine rings is 1. The molecule has 2 heterocycles. The van der Waals surface area contributed by atoms with E-state index < -0.39 is 0 Å². The number of rotatable bonds is 3. The Morgan fingerprint density at radius 3 is 2.94 bits per heavy atom. The van der Waals surface area contributed by atoms with Crippen molar-refractivity contribution in [2.75, 3.05) is 11.9 Å². The number of nitro groups is 1. The summed E-state index contributed by atoms with van der Waals surface area (Å²) in [5, 5.41) is 21.8. The fourth-order valence-corrected chi connectivity index (χ4v) is 2.48. The Hall–Kier alpha value is -1.63. The van der Waals surface area contributed by atoms with Crippen LogP contribution in [-0.2, 0) is 7.05 Å². The third-order valence-corrected chi connectivity index (χ3v) is 3.34. The number of hydrogen-bond donors (Lipinski definition) is 2. The van der Waals surface area contributed by atoms with Crippen LogP contribution in [0.15, 0.2) is 0 Å². The highest BCUT2D eigenvalue weighted by molar-refractivity contribution is 5.59. The molecule has 1 aromatic rings. The van der Waals surface area contributed by atoms with Gasteiger partial charge in [-0.15, -0.1) is 0 Å². The highest BCUT2D eigenvalue weighted by Gasteiger charge is 2.27. The van der Waals surface area contributed by atoms with E-state index in [0.717, 1.165) is 19.4 Å². The van der Waals surface area contributed by atoms with Crippen LogP contribution >= 0.6 is 0 Å². The third kappa shape index (κ3) is 2.45. The molecule has 100 valence electrons. The van der Waals surface area contributed by atoms with Gasteiger partial charge in [0, 0.05) is 19.1 Å². The van der Waals surface area contributed by atoms with E-state index in [2.05, 4.69) is 22.7 Å². The van der Waals surface area contributed by atoms with Crippen LogP contribution in [0.4, 0.5) is 11.5 Å². The maximum absolute atomic E-state index is 11.1. The van der Waals surface area contributed by atoms with Crippen LogP contribution in [0.5, 0.6) is 0 Å². The first-order valence-electron chi connectivity index (χ1n) is 6.17. The quantitative estimate of drug-likeness (QED) is 0.624. The molecule has 7 heteroatoms. The molecule has 7 nitrogen and oxygen atoms in total. The second-order valence-corrected chi connectivity index (χ2v) is 4.88. The number of nitrogens with zero attached hydrogens (tertiary/aromatic N) is 3. The summed E-state index contributed by atoms with van der Waals surface area (Å²) < 4.78 is 1.56. The first-order valence-corrected chi connectivity index (χ1v) is 6.17. The normalized spacial score (nSPS) is 23.9. The maximum Gasteiger partial charge on any atom is 0.333 e. The summed E-state index contributed by atoms with van der Waals surface area (Å²) in [6, 6.07) is 0.694. The number of anilines is 1. The molecule has 0 aromatic carbocycles. The van der Waals surface area contributed by atoms with Crippen molar-refractivity contribution >= 4 is 11.5 Å². The van der Waals surface area contributed by atoms with Crippen molar-refractivity contribution in [2.24, 2.45) is 7.05 Å². The van der Waals surface area contributed by atoms with Crippen LogP contribution in [0, 0.1) is 17.0 Å². The predicted octanol–water partition coefficient (Wildman–Crippen LogP) is 1.19. The molecule has 2 N–H and O–H groups in total. The van der Waals surface area contributed by atoms with E-state index in [1.165, 1.54) is 0 Å². The molecule has 1 aromatic heterocycles. The lowest BCUT2D eigenvalue weighted by Gasteiger charge is -2.28. The van der Waals surface area contributed by atoms with Gasteiger partial charge in [0.15, 0.2) is 0 Å². The minimum atomic E-state index is -0.366. The smallest absolute Gasteiger partial charge is 0.333 e. The van der Waals surface area contributed by atoms with E-state index in [1.807, 2.05) is 0 Å². The predicted molar refractivity (Wildman–Crippen MR) is 68.7 cm³/mol. The Balaban J connectivity index is 2.20. The van der Waals surface area contributed by atoms with Crippen LogP contribution in [0.3, 0.4) is 0 Å². The summed E-state index contributed by atoms with van der Waals surface area (Å²) in [5.74, 6) is 0.511. The molecular formula is C11H19N5O2. The number of aryl methyl sites for hydroxylation is 2. The largest absolute Gasteiger partial charge is 0.362 e. The molecule has 0 aliphatic carbocycles. The fraction of sp³-hybridized carbons (Fsp3) is 0.727. The van der Waals surface area contributed by atoms with Crippen LogP contribution in [0.25, 0.3) is 0 Å². The Kier molecular flexibility index (Phi) is 3.51. The van der Waals surface area contributed by atoms with Gasteiger partial charge in [0.2, 0.25) is 5.82 Å². The number of nitrogens with one attached hydrogen (secondary N) is 2. The molecule has 1 aliphatic rings. The van der Waals surface area contributed by atoms with Crippen molar-refractivity contribution in [3.05, 3.63) is 15.8 Å². The van der Waals surface area contributed by atoms with E-state index in [-0.39, 0.29) is 16.7 Å². The Morgan fingerprint density at radius 1 is 1.61 bits per heavy atom. The highest BCUT2D eigenvalue weighted by Crippen LogP contribution is 2.29. The van der Waals surface area contributed by atoms with Crippen molar-refractivity contribution in [2.45, 2.75) is 38.8 Å². The molecule has 0 saturated carbocycles. The lowest BCUT2D eigenvalue weighted by Crippen LogP contribution is -2.41. The van der Waals surface area contributed by atoms with Crippen molar-refractivity contribution in [1.29, 1.82) is 0 Å². The molecule has 2 atom stereocenters. The summed E-state index contributed by atoms with van der Waals surface area (Å²) in [6.07, 6.45) is 1.92. The van der Waals surface area contributed by atoms with E-state index in [0.29, 0.717) is 17.6 Å². The van der Waals surface area contributed by atoms with Crippen LogP contribution < -0.4 is 10.6 Å². The van der Waals surface area contributed by atoms with E-state index >= 15 is 0 Å². The number of hydrogen-bond acceptors (Lipinski definition) is 5. The summed E-state index contributed by atoms with van der Waals surface area (Å²) in [5.41, 5.74) is 0.538. The first-order chi connectivity index (χ1) is 8.49. The Bertz CT molecular complexity index is 457. The topological polar surface area (TPSA) is 85.0 Å². The molecule has 0 amide bonds. The average molecular weight is 253 g/mol. The minimum Gasteiger partial charge on any atom is -0.362 e. The van der Waals surface area contributed by atoms with Gasteiger partial charge in [0.05, 0.1) is 4.92 Å². The SMILES string of the molecule is Cc1nn(C)c(NC2CCNC(C)C2)c1[N+](=O)[O-].